The molecule has 1 saturated carbocycles. The van der Waals surface area contributed by atoms with Gasteiger partial charge in [0.2, 0.25) is 21.8 Å². The molecular weight excluding hydrogens is 382 g/mol. The molecule has 0 radical (unpaired) electrons. The lowest BCUT2D eigenvalue weighted by Gasteiger charge is -2.30. The van der Waals surface area contributed by atoms with Gasteiger partial charge in [-0.3, -0.25) is 9.59 Å². The number of benzene rings is 1. The number of nitrogens with zero attached hydrogens (tertiary/aromatic N) is 1. The summed E-state index contributed by atoms with van der Waals surface area (Å²) < 4.78 is 33.3. The number of hydrogen-bond acceptors (Lipinski definition) is 5. The van der Waals surface area contributed by atoms with Gasteiger partial charge in [0.25, 0.3) is 0 Å². The van der Waals surface area contributed by atoms with Crippen molar-refractivity contribution in [1.29, 1.82) is 0 Å². The maximum absolute atomic E-state index is 12.9. The zero-order valence-electron chi connectivity index (χ0n) is 16.0. The number of carbonyl (C=O) groups is 2. The lowest BCUT2D eigenvalue weighted by molar-refractivity contribution is -0.137. The summed E-state index contributed by atoms with van der Waals surface area (Å²) >= 11 is 0. The molecule has 3 rings (SSSR count). The molecule has 1 unspecified atom stereocenters. The molecule has 9 heteroatoms. The van der Waals surface area contributed by atoms with Gasteiger partial charge in [-0.25, -0.2) is 8.42 Å². The summed E-state index contributed by atoms with van der Waals surface area (Å²) in [7, 11) is -3.88. The van der Waals surface area contributed by atoms with Gasteiger partial charge in [-0.1, -0.05) is 17.7 Å². The smallest absolute Gasteiger partial charge is 0.241 e. The fourth-order valence-electron chi connectivity index (χ4n) is 3.01. The fraction of sp³-hybridized carbons (Fsp3) is 0.579. The Kier molecular flexibility index (Phi) is 6.69. The third-order valence-electron chi connectivity index (χ3n) is 4.85. The van der Waals surface area contributed by atoms with Crippen molar-refractivity contribution in [3.63, 3.8) is 0 Å². The zero-order valence-corrected chi connectivity index (χ0v) is 16.8. The van der Waals surface area contributed by atoms with Gasteiger partial charge >= 0.3 is 0 Å². The van der Waals surface area contributed by atoms with Crippen LogP contribution in [-0.2, 0) is 24.3 Å². The predicted molar refractivity (Wildman–Crippen MR) is 103 cm³/mol. The highest BCUT2D eigenvalue weighted by atomic mass is 32.2. The summed E-state index contributed by atoms with van der Waals surface area (Å²) in [6.07, 6.45) is 2.15. The van der Waals surface area contributed by atoms with E-state index in [-0.39, 0.29) is 35.6 Å². The third kappa shape index (κ3) is 5.76. The molecule has 0 aromatic heterocycles. The van der Waals surface area contributed by atoms with E-state index in [9.17, 15) is 18.0 Å². The average molecular weight is 410 g/mol. The van der Waals surface area contributed by atoms with E-state index < -0.39 is 16.1 Å². The number of morpholine rings is 1. The van der Waals surface area contributed by atoms with E-state index in [0.29, 0.717) is 26.3 Å². The highest BCUT2D eigenvalue weighted by Crippen LogP contribution is 2.19. The van der Waals surface area contributed by atoms with E-state index in [1.54, 1.807) is 17.0 Å². The second-order valence-electron chi connectivity index (χ2n) is 7.31. The quantitative estimate of drug-likeness (QED) is 0.653. The van der Waals surface area contributed by atoms with Crippen LogP contribution in [0.15, 0.2) is 29.2 Å². The maximum Gasteiger partial charge on any atom is 0.241 e. The average Bonchev–Trinajstić information content (AvgIpc) is 3.49. The molecule has 1 saturated heterocycles. The second kappa shape index (κ2) is 9.02. The Bertz CT molecular complexity index is 799. The van der Waals surface area contributed by atoms with E-state index in [4.69, 9.17) is 4.74 Å². The summed E-state index contributed by atoms with van der Waals surface area (Å²) in [6.45, 7) is 3.54. The summed E-state index contributed by atoms with van der Waals surface area (Å²) in [4.78, 5) is 26.6. The van der Waals surface area contributed by atoms with Crippen molar-refractivity contribution >= 4 is 21.8 Å². The van der Waals surface area contributed by atoms with Crippen LogP contribution in [0.5, 0.6) is 0 Å². The summed E-state index contributed by atoms with van der Waals surface area (Å²) in [6, 6.07) is 5.66. The van der Waals surface area contributed by atoms with Crippen LogP contribution in [0.25, 0.3) is 0 Å². The number of hydrogen-bond donors (Lipinski definition) is 2. The standard InChI is InChI=1S/C19H27N3O5S/c1-14-2-6-16(7-3-14)28(25,26)21-17(8-9-18(23)20-15-4-5-15)19(24)22-10-12-27-13-11-22/h2-3,6-7,15,17,21H,4-5,8-13H2,1H3,(H,20,23). The molecular formula is C19H27N3O5S. The van der Waals surface area contributed by atoms with Gasteiger partial charge in [0.05, 0.1) is 18.1 Å². The van der Waals surface area contributed by atoms with Gasteiger partial charge in [-0.15, -0.1) is 0 Å². The van der Waals surface area contributed by atoms with E-state index in [2.05, 4.69) is 10.0 Å². The molecule has 1 aliphatic carbocycles. The van der Waals surface area contributed by atoms with Gasteiger partial charge in [-0.2, -0.15) is 4.72 Å². The van der Waals surface area contributed by atoms with Gasteiger partial charge in [0.1, 0.15) is 6.04 Å². The van der Waals surface area contributed by atoms with Crippen LogP contribution in [0.4, 0.5) is 0 Å². The minimum atomic E-state index is -3.88. The van der Waals surface area contributed by atoms with Crippen molar-refractivity contribution in [2.24, 2.45) is 0 Å². The number of aryl methyl sites for hydroxylation is 1. The molecule has 1 aromatic rings. The molecule has 1 aromatic carbocycles. The first-order valence-corrected chi connectivity index (χ1v) is 11.1. The molecule has 2 fully saturated rings. The first kappa shape index (κ1) is 20.8. The van der Waals surface area contributed by atoms with E-state index >= 15 is 0 Å². The van der Waals surface area contributed by atoms with E-state index in [1.807, 2.05) is 6.92 Å². The fourth-order valence-corrected chi connectivity index (χ4v) is 4.24. The molecule has 154 valence electrons. The maximum atomic E-state index is 12.9. The molecule has 28 heavy (non-hydrogen) atoms. The molecule has 0 bridgehead atoms. The van der Waals surface area contributed by atoms with Crippen LogP contribution in [0.2, 0.25) is 0 Å². The number of rotatable bonds is 8. The van der Waals surface area contributed by atoms with Gasteiger partial charge in [-0.05, 0) is 38.3 Å². The van der Waals surface area contributed by atoms with Crippen LogP contribution in [-0.4, -0.2) is 63.5 Å². The van der Waals surface area contributed by atoms with Crippen molar-refractivity contribution in [2.45, 2.75) is 49.6 Å². The van der Waals surface area contributed by atoms with Gasteiger partial charge < -0.3 is 15.0 Å². The Morgan fingerprint density at radius 1 is 1.18 bits per heavy atom. The Morgan fingerprint density at radius 3 is 2.43 bits per heavy atom. The molecule has 1 atom stereocenters. The second-order valence-corrected chi connectivity index (χ2v) is 9.02. The summed E-state index contributed by atoms with van der Waals surface area (Å²) in [5.41, 5.74) is 0.941. The number of nitrogens with one attached hydrogen (secondary N) is 2. The SMILES string of the molecule is Cc1ccc(S(=O)(=O)NC(CCC(=O)NC2CC2)C(=O)N2CCOCC2)cc1. The van der Waals surface area contributed by atoms with Crippen LogP contribution in [0, 0.1) is 6.92 Å². The molecule has 1 aliphatic heterocycles. The molecule has 0 spiro atoms. The molecule has 2 N–H and O–H groups in total. The molecule has 1 heterocycles. The summed E-state index contributed by atoms with van der Waals surface area (Å²) in [5.74, 6) is -0.477. The number of sulfonamides is 1. The first-order chi connectivity index (χ1) is 13.3. The van der Waals surface area contributed by atoms with Crippen LogP contribution >= 0.6 is 0 Å². The Morgan fingerprint density at radius 2 is 1.82 bits per heavy atom. The molecule has 2 amide bonds. The Labute approximate surface area is 165 Å². The van der Waals surface area contributed by atoms with E-state index in [1.165, 1.54) is 12.1 Å². The van der Waals surface area contributed by atoms with Crippen molar-refractivity contribution in [2.75, 3.05) is 26.3 Å². The molecule has 2 aliphatic rings. The van der Waals surface area contributed by atoms with Gasteiger partial charge in [0.15, 0.2) is 0 Å². The van der Waals surface area contributed by atoms with Crippen molar-refractivity contribution in [3.05, 3.63) is 29.8 Å². The third-order valence-corrected chi connectivity index (χ3v) is 6.34. The minimum Gasteiger partial charge on any atom is -0.378 e. The normalized spacial score (nSPS) is 18.5. The lowest BCUT2D eigenvalue weighted by Crippen LogP contribution is -2.52. The molecule has 8 nitrogen and oxygen atoms in total. The van der Waals surface area contributed by atoms with Gasteiger partial charge in [0, 0.05) is 25.6 Å². The van der Waals surface area contributed by atoms with E-state index in [0.717, 1.165) is 18.4 Å². The minimum absolute atomic E-state index is 0.0909. The highest BCUT2D eigenvalue weighted by molar-refractivity contribution is 7.89. The highest BCUT2D eigenvalue weighted by Gasteiger charge is 2.31. The van der Waals surface area contributed by atoms with Crippen molar-refractivity contribution in [1.82, 2.24) is 14.9 Å². The van der Waals surface area contributed by atoms with Crippen LogP contribution < -0.4 is 10.0 Å². The number of amides is 2. The topological polar surface area (TPSA) is 105 Å². The largest absolute Gasteiger partial charge is 0.378 e. The Balaban J connectivity index is 1.70. The first-order valence-electron chi connectivity index (χ1n) is 9.60. The van der Waals surface area contributed by atoms with Crippen molar-refractivity contribution in [3.8, 4) is 0 Å². The van der Waals surface area contributed by atoms with Crippen LogP contribution in [0.3, 0.4) is 0 Å². The Hall–Kier alpha value is -1.97. The number of carbonyl (C=O) groups excluding carboxylic acids is 2. The monoisotopic (exact) mass is 409 g/mol. The van der Waals surface area contributed by atoms with Crippen molar-refractivity contribution < 1.29 is 22.7 Å². The lowest BCUT2D eigenvalue weighted by atomic mass is 10.1. The zero-order chi connectivity index (χ0) is 20.1. The predicted octanol–water partition coefficient (Wildman–Crippen LogP) is 0.560. The van der Waals surface area contributed by atoms with Crippen LogP contribution in [0.1, 0.15) is 31.2 Å². The summed E-state index contributed by atoms with van der Waals surface area (Å²) in [5, 5.41) is 2.87. The number of ether oxygens (including phenoxy) is 1.